The van der Waals surface area contributed by atoms with Crippen molar-refractivity contribution in [2.24, 2.45) is 0 Å². The average Bonchev–Trinajstić information content (AvgIpc) is 2.35. The maximum absolute atomic E-state index is 12.1. The van der Waals surface area contributed by atoms with E-state index in [-0.39, 0.29) is 0 Å². The first kappa shape index (κ1) is 13.6. The molecule has 0 N–H and O–H groups in total. The third-order valence-electron chi connectivity index (χ3n) is 3.35. The molecule has 1 aliphatic heterocycles. The van der Waals surface area contributed by atoms with Crippen LogP contribution in [0.5, 0.6) is 0 Å². The summed E-state index contributed by atoms with van der Waals surface area (Å²) in [5.74, 6) is 0.340. The lowest BCUT2D eigenvalue weighted by Gasteiger charge is -2.27. The molecule has 1 aliphatic rings. The van der Waals surface area contributed by atoms with Crippen LogP contribution in [-0.4, -0.2) is 25.5 Å². The fourth-order valence-electron chi connectivity index (χ4n) is 2.09. The summed E-state index contributed by atoms with van der Waals surface area (Å²) in [6.07, 6.45) is 7.66. The van der Waals surface area contributed by atoms with Crippen molar-refractivity contribution in [3.8, 4) is 0 Å². The van der Waals surface area contributed by atoms with E-state index in [1.807, 2.05) is 19.9 Å². The zero-order valence-corrected chi connectivity index (χ0v) is 11.1. The minimum Gasteiger partial charge on any atom is -0.501 e. The zero-order valence-electron chi connectivity index (χ0n) is 10.2. The summed E-state index contributed by atoms with van der Waals surface area (Å²) in [6, 6.07) is 0. The SMILES string of the molecule is C/C=C/OCCC1(C)CCCCCS1(=O)=O. The van der Waals surface area contributed by atoms with Crippen LogP contribution in [0.15, 0.2) is 12.3 Å². The van der Waals surface area contributed by atoms with Gasteiger partial charge < -0.3 is 4.74 Å². The van der Waals surface area contributed by atoms with E-state index in [4.69, 9.17) is 4.74 Å². The van der Waals surface area contributed by atoms with Crippen LogP contribution >= 0.6 is 0 Å². The maximum atomic E-state index is 12.1. The molecule has 0 aromatic carbocycles. The van der Waals surface area contributed by atoms with Gasteiger partial charge in [-0.1, -0.05) is 18.9 Å². The fourth-order valence-corrected chi connectivity index (χ4v) is 4.02. The Morgan fingerprint density at radius 3 is 2.75 bits per heavy atom. The van der Waals surface area contributed by atoms with Gasteiger partial charge in [0.15, 0.2) is 9.84 Å². The van der Waals surface area contributed by atoms with Crippen molar-refractivity contribution in [2.45, 2.75) is 50.7 Å². The van der Waals surface area contributed by atoms with Crippen LogP contribution in [0.25, 0.3) is 0 Å². The molecule has 16 heavy (non-hydrogen) atoms. The van der Waals surface area contributed by atoms with Crippen molar-refractivity contribution in [2.75, 3.05) is 12.4 Å². The van der Waals surface area contributed by atoms with Gasteiger partial charge in [0.25, 0.3) is 0 Å². The lowest BCUT2D eigenvalue weighted by atomic mass is 9.99. The molecule has 1 unspecified atom stereocenters. The maximum Gasteiger partial charge on any atom is 0.155 e. The van der Waals surface area contributed by atoms with Gasteiger partial charge in [-0.25, -0.2) is 8.42 Å². The summed E-state index contributed by atoms with van der Waals surface area (Å²) in [7, 11) is -2.95. The molecule has 94 valence electrons. The van der Waals surface area contributed by atoms with Crippen LogP contribution in [-0.2, 0) is 14.6 Å². The van der Waals surface area contributed by atoms with Crippen molar-refractivity contribution >= 4 is 9.84 Å². The first-order valence-corrected chi connectivity index (χ1v) is 7.62. The van der Waals surface area contributed by atoms with Crippen molar-refractivity contribution < 1.29 is 13.2 Å². The molecule has 3 nitrogen and oxygen atoms in total. The molecule has 1 rings (SSSR count). The van der Waals surface area contributed by atoms with Gasteiger partial charge >= 0.3 is 0 Å². The molecule has 1 heterocycles. The van der Waals surface area contributed by atoms with Gasteiger partial charge in [-0.2, -0.15) is 0 Å². The predicted octanol–water partition coefficient (Wildman–Crippen LogP) is 2.67. The Morgan fingerprint density at radius 2 is 2.06 bits per heavy atom. The van der Waals surface area contributed by atoms with Crippen molar-refractivity contribution in [3.05, 3.63) is 12.3 Å². The lowest BCUT2D eigenvalue weighted by molar-refractivity contribution is 0.227. The molecule has 1 fully saturated rings. The largest absolute Gasteiger partial charge is 0.501 e. The predicted molar refractivity (Wildman–Crippen MR) is 66.0 cm³/mol. The van der Waals surface area contributed by atoms with E-state index >= 15 is 0 Å². The Bertz CT molecular complexity index is 332. The third-order valence-corrected chi connectivity index (χ3v) is 6.09. The minimum atomic E-state index is -2.95. The molecule has 0 radical (unpaired) electrons. The van der Waals surface area contributed by atoms with E-state index < -0.39 is 14.6 Å². The van der Waals surface area contributed by atoms with Gasteiger partial charge in [0.2, 0.25) is 0 Å². The first-order valence-electron chi connectivity index (χ1n) is 5.97. The van der Waals surface area contributed by atoms with Crippen LogP contribution in [0, 0.1) is 0 Å². The summed E-state index contributed by atoms with van der Waals surface area (Å²) < 4.78 is 28.9. The van der Waals surface area contributed by atoms with E-state index in [2.05, 4.69) is 0 Å². The highest BCUT2D eigenvalue weighted by molar-refractivity contribution is 7.92. The fraction of sp³-hybridized carbons (Fsp3) is 0.833. The molecular weight excluding hydrogens is 224 g/mol. The zero-order chi connectivity index (χ0) is 12.1. The molecule has 0 amide bonds. The molecule has 1 saturated heterocycles. The Labute approximate surface area is 98.8 Å². The van der Waals surface area contributed by atoms with Crippen LogP contribution in [0.1, 0.15) is 46.0 Å². The highest BCUT2D eigenvalue weighted by Crippen LogP contribution is 2.32. The molecule has 4 heteroatoms. The topological polar surface area (TPSA) is 43.4 Å². The third kappa shape index (κ3) is 3.24. The molecule has 0 bridgehead atoms. The average molecular weight is 246 g/mol. The van der Waals surface area contributed by atoms with Gasteiger partial charge in [-0.15, -0.1) is 0 Å². The molecule has 0 aromatic heterocycles. The normalized spacial score (nSPS) is 30.1. The Kier molecular flexibility index (Phi) is 4.84. The second kappa shape index (κ2) is 5.71. The van der Waals surface area contributed by atoms with E-state index in [0.717, 1.165) is 25.7 Å². The lowest BCUT2D eigenvalue weighted by Crippen LogP contribution is -2.37. The minimum absolute atomic E-state index is 0.340. The molecule has 0 aliphatic carbocycles. The summed E-state index contributed by atoms with van der Waals surface area (Å²) in [5, 5.41) is 0. The van der Waals surface area contributed by atoms with Gasteiger partial charge in [0.1, 0.15) is 0 Å². The highest BCUT2D eigenvalue weighted by atomic mass is 32.2. The van der Waals surface area contributed by atoms with Crippen LogP contribution in [0.4, 0.5) is 0 Å². The Morgan fingerprint density at radius 1 is 1.31 bits per heavy atom. The van der Waals surface area contributed by atoms with Gasteiger partial charge in [-0.05, 0) is 26.7 Å². The highest BCUT2D eigenvalue weighted by Gasteiger charge is 2.39. The van der Waals surface area contributed by atoms with E-state index in [1.54, 1.807) is 6.26 Å². The summed E-state index contributed by atoms with van der Waals surface area (Å²) in [5.41, 5.74) is 0. The second-order valence-electron chi connectivity index (χ2n) is 4.67. The summed E-state index contributed by atoms with van der Waals surface area (Å²) >= 11 is 0. The number of hydrogen-bond donors (Lipinski definition) is 0. The van der Waals surface area contributed by atoms with Gasteiger partial charge in [0.05, 0.1) is 23.4 Å². The van der Waals surface area contributed by atoms with E-state index in [0.29, 0.717) is 18.8 Å². The second-order valence-corrected chi connectivity index (χ2v) is 7.29. The number of hydrogen-bond acceptors (Lipinski definition) is 3. The van der Waals surface area contributed by atoms with Crippen LogP contribution < -0.4 is 0 Å². The van der Waals surface area contributed by atoms with Crippen molar-refractivity contribution in [1.82, 2.24) is 0 Å². The Balaban J connectivity index is 2.63. The molecule has 0 spiro atoms. The van der Waals surface area contributed by atoms with Crippen molar-refractivity contribution in [1.29, 1.82) is 0 Å². The van der Waals surface area contributed by atoms with Gasteiger partial charge in [0, 0.05) is 6.42 Å². The molecular formula is C12H22O3S. The van der Waals surface area contributed by atoms with Crippen LogP contribution in [0.3, 0.4) is 0 Å². The number of allylic oxidation sites excluding steroid dienone is 1. The molecule has 1 atom stereocenters. The van der Waals surface area contributed by atoms with E-state index in [9.17, 15) is 8.42 Å². The first-order chi connectivity index (χ1) is 7.52. The Hall–Kier alpha value is -0.510. The number of rotatable bonds is 4. The quantitative estimate of drug-likeness (QED) is 0.566. The monoisotopic (exact) mass is 246 g/mol. The smallest absolute Gasteiger partial charge is 0.155 e. The summed E-state index contributed by atoms with van der Waals surface area (Å²) in [6.45, 7) is 4.23. The summed E-state index contributed by atoms with van der Waals surface area (Å²) in [4.78, 5) is 0. The number of ether oxygens (including phenoxy) is 1. The molecule has 0 saturated carbocycles. The van der Waals surface area contributed by atoms with Gasteiger partial charge in [-0.3, -0.25) is 0 Å². The number of sulfone groups is 1. The standard InChI is InChI=1S/C12H22O3S/c1-3-9-15-10-8-12(2)7-5-4-6-11-16(12,13)14/h3,9H,4-8,10-11H2,1-2H3/b9-3+. The molecule has 0 aromatic rings. The van der Waals surface area contributed by atoms with Crippen molar-refractivity contribution in [3.63, 3.8) is 0 Å². The van der Waals surface area contributed by atoms with Crippen LogP contribution in [0.2, 0.25) is 0 Å². The van der Waals surface area contributed by atoms with E-state index in [1.165, 1.54) is 0 Å².